The van der Waals surface area contributed by atoms with Crippen molar-refractivity contribution in [3.05, 3.63) is 81.5 Å². The van der Waals surface area contributed by atoms with Crippen molar-refractivity contribution in [3.63, 3.8) is 0 Å². The van der Waals surface area contributed by atoms with Crippen LogP contribution in [0.4, 0.5) is 5.69 Å². The molecule has 0 saturated carbocycles. The maximum atomic E-state index is 14.1. The van der Waals surface area contributed by atoms with E-state index in [1.165, 1.54) is 0 Å². The second kappa shape index (κ2) is 7.68. The number of anilines is 1. The first-order chi connectivity index (χ1) is 16.8. The van der Waals surface area contributed by atoms with Crippen molar-refractivity contribution < 1.29 is 9.59 Å². The van der Waals surface area contributed by atoms with Crippen LogP contribution >= 0.6 is 11.6 Å². The summed E-state index contributed by atoms with van der Waals surface area (Å²) in [5, 5.41) is 9.10. The summed E-state index contributed by atoms with van der Waals surface area (Å²) in [5.74, 6) is 0.734. The summed E-state index contributed by atoms with van der Waals surface area (Å²) in [6.45, 7) is 6.50. The fraction of sp³-hybridized carbons (Fsp3) is 0.308. The van der Waals surface area contributed by atoms with Crippen LogP contribution in [-0.4, -0.2) is 49.5 Å². The maximum absolute atomic E-state index is 14.1. The summed E-state index contributed by atoms with van der Waals surface area (Å²) in [6, 6.07) is 8.82. The standard InChI is InChI=1S/C26H25ClN6O2/c1-14-11-19(13-31-16(3)28-29-24(14)31)33-22(17-5-7-18(27)8-6-17)23-21(26(33)35)15(2)12-32(23)20-9-10-30(4)25(20)34/h5-8,11-13,20,22H,9-10H2,1-4H3. The first kappa shape index (κ1) is 21.9. The molecular formula is C26H25ClN6O2. The number of aryl methyl sites for hydroxylation is 3. The van der Waals surface area contributed by atoms with E-state index in [2.05, 4.69) is 10.2 Å². The predicted octanol–water partition coefficient (Wildman–Crippen LogP) is 4.26. The van der Waals surface area contributed by atoms with E-state index in [0.29, 0.717) is 23.6 Å². The van der Waals surface area contributed by atoms with E-state index < -0.39 is 6.04 Å². The van der Waals surface area contributed by atoms with E-state index >= 15 is 0 Å². The van der Waals surface area contributed by atoms with E-state index in [1.807, 2.05) is 84.4 Å². The SMILES string of the molecule is Cc1cn(C2CCN(C)C2=O)c2c1C(=O)N(c1cc(C)c3nnc(C)n3c1)C2c1ccc(Cl)cc1. The molecule has 6 rings (SSSR count). The number of likely N-dealkylation sites (N-methyl/N-ethyl adjacent to an activating group) is 1. The van der Waals surface area contributed by atoms with Crippen molar-refractivity contribution in [2.75, 3.05) is 18.5 Å². The molecule has 0 spiro atoms. The Morgan fingerprint density at radius 1 is 1.00 bits per heavy atom. The molecule has 9 heteroatoms. The Balaban J connectivity index is 1.59. The zero-order chi connectivity index (χ0) is 24.6. The molecule has 0 aliphatic carbocycles. The molecule has 5 heterocycles. The van der Waals surface area contributed by atoms with Gasteiger partial charge in [-0.15, -0.1) is 10.2 Å². The predicted molar refractivity (Wildman–Crippen MR) is 133 cm³/mol. The summed E-state index contributed by atoms with van der Waals surface area (Å²) in [5.41, 5.74) is 5.74. The zero-order valence-electron chi connectivity index (χ0n) is 20.0. The number of halogens is 1. The molecule has 0 bridgehead atoms. The fourth-order valence-electron chi connectivity index (χ4n) is 5.51. The Labute approximate surface area is 207 Å². The van der Waals surface area contributed by atoms with Gasteiger partial charge in [-0.1, -0.05) is 23.7 Å². The average Bonchev–Trinajstić information content (AvgIpc) is 3.54. The van der Waals surface area contributed by atoms with Crippen LogP contribution in [0.25, 0.3) is 5.65 Å². The number of hydrogen-bond acceptors (Lipinski definition) is 4. The van der Waals surface area contributed by atoms with Gasteiger partial charge in [-0.25, -0.2) is 0 Å². The third kappa shape index (κ3) is 3.13. The fourth-order valence-corrected chi connectivity index (χ4v) is 5.63. The van der Waals surface area contributed by atoms with E-state index in [1.54, 1.807) is 4.90 Å². The third-order valence-electron chi connectivity index (χ3n) is 7.25. The zero-order valence-corrected chi connectivity index (χ0v) is 20.7. The lowest BCUT2D eigenvalue weighted by atomic mass is 10.0. The van der Waals surface area contributed by atoms with Crippen LogP contribution in [0.3, 0.4) is 0 Å². The molecule has 4 aromatic rings. The van der Waals surface area contributed by atoms with Crippen molar-refractivity contribution >= 4 is 34.7 Å². The second-order valence-electron chi connectivity index (χ2n) is 9.50. The quantitative estimate of drug-likeness (QED) is 0.431. The lowest BCUT2D eigenvalue weighted by Crippen LogP contribution is -2.31. The van der Waals surface area contributed by atoms with Gasteiger partial charge in [-0.3, -0.25) is 18.9 Å². The van der Waals surface area contributed by atoms with Gasteiger partial charge in [0.2, 0.25) is 5.91 Å². The molecule has 2 unspecified atom stereocenters. The van der Waals surface area contributed by atoms with Crippen LogP contribution in [0.1, 0.15) is 57.1 Å². The van der Waals surface area contributed by atoms with Gasteiger partial charge in [-0.05, 0) is 62.1 Å². The topological polar surface area (TPSA) is 75.7 Å². The molecule has 0 N–H and O–H groups in total. The molecule has 1 saturated heterocycles. The molecular weight excluding hydrogens is 464 g/mol. The van der Waals surface area contributed by atoms with Crippen molar-refractivity contribution in [1.82, 2.24) is 24.1 Å². The number of pyridine rings is 1. The maximum Gasteiger partial charge on any atom is 0.261 e. The molecule has 2 amide bonds. The van der Waals surface area contributed by atoms with Crippen molar-refractivity contribution in [1.29, 1.82) is 0 Å². The van der Waals surface area contributed by atoms with Crippen LogP contribution in [0.2, 0.25) is 5.02 Å². The van der Waals surface area contributed by atoms with Gasteiger partial charge >= 0.3 is 0 Å². The number of hydrogen-bond donors (Lipinski definition) is 0. The number of likely N-dealkylation sites (tertiary alicyclic amines) is 1. The number of benzene rings is 1. The van der Waals surface area contributed by atoms with E-state index in [-0.39, 0.29) is 17.9 Å². The van der Waals surface area contributed by atoms with Gasteiger partial charge in [0.25, 0.3) is 5.91 Å². The second-order valence-corrected chi connectivity index (χ2v) is 9.93. The first-order valence-electron chi connectivity index (χ1n) is 11.6. The van der Waals surface area contributed by atoms with E-state index in [9.17, 15) is 9.59 Å². The number of amides is 2. The Morgan fingerprint density at radius 2 is 1.74 bits per heavy atom. The Morgan fingerprint density at radius 3 is 2.43 bits per heavy atom. The summed E-state index contributed by atoms with van der Waals surface area (Å²) >= 11 is 6.21. The Bertz CT molecular complexity index is 1520. The number of nitrogens with zero attached hydrogens (tertiary/aromatic N) is 6. The minimum absolute atomic E-state index is 0.0703. The summed E-state index contributed by atoms with van der Waals surface area (Å²) in [7, 11) is 1.83. The monoisotopic (exact) mass is 488 g/mol. The number of rotatable bonds is 3. The number of carbonyl (C=O) groups is 2. The molecule has 35 heavy (non-hydrogen) atoms. The molecule has 1 fully saturated rings. The van der Waals surface area contributed by atoms with Gasteiger partial charge in [0.05, 0.1) is 16.9 Å². The molecule has 1 aromatic carbocycles. The van der Waals surface area contributed by atoms with Gasteiger partial charge in [0, 0.05) is 31.0 Å². The smallest absolute Gasteiger partial charge is 0.261 e. The lowest BCUT2D eigenvalue weighted by molar-refractivity contribution is -0.129. The van der Waals surface area contributed by atoms with Gasteiger partial charge in [-0.2, -0.15) is 0 Å². The minimum atomic E-state index is -0.407. The summed E-state index contributed by atoms with van der Waals surface area (Å²) in [6.07, 6.45) is 4.59. The van der Waals surface area contributed by atoms with Gasteiger partial charge in [0.1, 0.15) is 17.9 Å². The van der Waals surface area contributed by atoms with E-state index in [4.69, 9.17) is 11.6 Å². The number of fused-ring (bicyclic) bond motifs is 2. The van der Waals surface area contributed by atoms with Crippen LogP contribution < -0.4 is 4.90 Å². The number of aromatic nitrogens is 4. The minimum Gasteiger partial charge on any atom is -0.344 e. The van der Waals surface area contributed by atoms with Crippen LogP contribution in [-0.2, 0) is 4.79 Å². The van der Waals surface area contributed by atoms with Gasteiger partial charge in [0.15, 0.2) is 5.65 Å². The van der Waals surface area contributed by atoms with Crippen LogP contribution in [0.15, 0.2) is 42.7 Å². The third-order valence-corrected chi connectivity index (χ3v) is 7.51. The highest BCUT2D eigenvalue weighted by molar-refractivity contribution is 6.30. The lowest BCUT2D eigenvalue weighted by Gasteiger charge is -2.28. The summed E-state index contributed by atoms with van der Waals surface area (Å²) in [4.78, 5) is 30.7. The molecule has 8 nitrogen and oxygen atoms in total. The van der Waals surface area contributed by atoms with Gasteiger partial charge < -0.3 is 9.47 Å². The van der Waals surface area contributed by atoms with Crippen molar-refractivity contribution in [2.45, 2.75) is 39.3 Å². The molecule has 3 aromatic heterocycles. The largest absolute Gasteiger partial charge is 0.344 e. The van der Waals surface area contributed by atoms with E-state index in [0.717, 1.165) is 39.5 Å². The van der Waals surface area contributed by atoms with Crippen molar-refractivity contribution in [2.24, 2.45) is 0 Å². The molecule has 2 aliphatic heterocycles. The van der Waals surface area contributed by atoms with Crippen molar-refractivity contribution in [3.8, 4) is 0 Å². The highest BCUT2D eigenvalue weighted by atomic mass is 35.5. The number of carbonyl (C=O) groups excluding carboxylic acids is 2. The molecule has 0 radical (unpaired) electrons. The highest BCUT2D eigenvalue weighted by Gasteiger charge is 2.45. The average molecular weight is 489 g/mol. The summed E-state index contributed by atoms with van der Waals surface area (Å²) < 4.78 is 3.94. The molecule has 2 atom stereocenters. The van der Waals surface area contributed by atoms with Crippen LogP contribution in [0.5, 0.6) is 0 Å². The Hall–Kier alpha value is -3.65. The first-order valence-corrected chi connectivity index (χ1v) is 12.0. The Kier molecular flexibility index (Phi) is 4.79. The highest BCUT2D eigenvalue weighted by Crippen LogP contribution is 2.46. The molecule has 2 aliphatic rings. The normalized spacial score (nSPS) is 19.9. The molecule has 178 valence electrons. The van der Waals surface area contributed by atoms with Crippen LogP contribution in [0, 0.1) is 20.8 Å².